The van der Waals surface area contributed by atoms with Crippen LogP contribution in [0.3, 0.4) is 0 Å². The van der Waals surface area contributed by atoms with E-state index in [4.69, 9.17) is 56.8 Å². The Morgan fingerprint density at radius 2 is 0.537 bits per heavy atom. The molecule has 6 fully saturated rings. The number of carbonyl (C=O) groups is 2. The second kappa shape index (κ2) is 23.7. The Hall–Kier alpha value is -1.46. The molecule has 0 radical (unpaired) electrons. The van der Waals surface area contributed by atoms with Crippen molar-refractivity contribution < 1.29 is 66.4 Å². The van der Waals surface area contributed by atoms with Crippen LogP contribution in [0.4, 0.5) is 0 Å². The van der Waals surface area contributed by atoms with Crippen LogP contribution in [-0.4, -0.2) is 152 Å². The lowest BCUT2D eigenvalue weighted by Crippen LogP contribution is -2.43. The van der Waals surface area contributed by atoms with Gasteiger partial charge >= 0.3 is 11.9 Å². The molecule has 0 aromatic carbocycles. The lowest BCUT2D eigenvalue weighted by molar-refractivity contribution is -0.192. The van der Waals surface area contributed by atoms with Crippen LogP contribution in [0.15, 0.2) is 0 Å². The summed E-state index contributed by atoms with van der Waals surface area (Å²) >= 11 is 0. The average molecular weight is 771 g/mol. The number of fused-ring (bicyclic) bond motifs is 4. The largest absolute Gasteiger partial charge is 0.449 e. The van der Waals surface area contributed by atoms with Gasteiger partial charge < -0.3 is 56.8 Å². The van der Waals surface area contributed by atoms with Gasteiger partial charge in [0, 0.05) is 0 Å². The molecule has 0 N–H and O–H groups in total. The van der Waals surface area contributed by atoms with Gasteiger partial charge in [-0.2, -0.15) is 0 Å². The number of rotatable bonds is 2. The molecule has 6 rings (SSSR count). The lowest BCUT2D eigenvalue weighted by atomic mass is 9.94. The fourth-order valence-electron chi connectivity index (χ4n) is 8.57. The molecule has 14 heteroatoms. The van der Waals surface area contributed by atoms with Gasteiger partial charge in [0.05, 0.1) is 128 Å². The topological polar surface area (TPSA) is 145 Å². The predicted octanol–water partition coefficient (Wildman–Crippen LogP) is 4.25. The highest BCUT2D eigenvalue weighted by atomic mass is 16.7. The molecule has 4 aliphatic carbocycles. The molecule has 2 heterocycles. The molecule has 0 spiro atoms. The van der Waals surface area contributed by atoms with Gasteiger partial charge in [0.2, 0.25) is 0 Å². The molecule has 0 aromatic heterocycles. The van der Waals surface area contributed by atoms with E-state index in [9.17, 15) is 9.59 Å². The van der Waals surface area contributed by atoms with Gasteiger partial charge in [0.15, 0.2) is 0 Å². The number of hydrogen-bond donors (Lipinski definition) is 0. The molecule has 8 unspecified atom stereocenters. The minimum Gasteiger partial charge on any atom is -0.449 e. The second-order valence-corrected chi connectivity index (χ2v) is 15.5. The lowest BCUT2D eigenvalue weighted by Gasteiger charge is -2.35. The van der Waals surface area contributed by atoms with Crippen LogP contribution in [0, 0.1) is 0 Å². The molecule has 2 aliphatic heterocycles. The van der Waals surface area contributed by atoms with Crippen LogP contribution in [-0.2, 0) is 66.4 Å². The van der Waals surface area contributed by atoms with Crippen molar-refractivity contribution in [1.82, 2.24) is 0 Å². The number of hydrogen-bond acceptors (Lipinski definition) is 14. The van der Waals surface area contributed by atoms with Crippen LogP contribution < -0.4 is 0 Å². The summed E-state index contributed by atoms with van der Waals surface area (Å²) < 4.78 is 73.3. The third kappa shape index (κ3) is 13.9. The zero-order chi connectivity index (χ0) is 37.2. The Morgan fingerprint density at radius 3 is 0.778 bits per heavy atom. The average Bonchev–Trinajstić information content (AvgIpc) is 3.19. The van der Waals surface area contributed by atoms with Gasteiger partial charge in [-0.3, -0.25) is 0 Å². The highest BCUT2D eigenvalue weighted by Crippen LogP contribution is 2.28. The van der Waals surface area contributed by atoms with Crippen molar-refractivity contribution in [2.45, 2.75) is 164 Å². The first-order valence-corrected chi connectivity index (χ1v) is 21.1. The fourth-order valence-corrected chi connectivity index (χ4v) is 8.57. The number of carbonyl (C=O) groups excluding carboxylic acids is 2. The first-order valence-electron chi connectivity index (χ1n) is 21.1. The third-order valence-electron chi connectivity index (χ3n) is 11.5. The van der Waals surface area contributed by atoms with Crippen molar-refractivity contribution in [1.29, 1.82) is 0 Å². The Bertz CT molecular complexity index is 933. The molecule has 14 nitrogen and oxygen atoms in total. The summed E-state index contributed by atoms with van der Waals surface area (Å²) in [6.45, 7) is 4.05. The van der Waals surface area contributed by atoms with E-state index >= 15 is 0 Å². The first-order chi connectivity index (χ1) is 26.6. The van der Waals surface area contributed by atoms with Crippen LogP contribution in [0.25, 0.3) is 0 Å². The third-order valence-corrected chi connectivity index (χ3v) is 11.5. The smallest absolute Gasteiger partial charge is 0.417 e. The van der Waals surface area contributed by atoms with Crippen molar-refractivity contribution in [2.24, 2.45) is 0 Å². The van der Waals surface area contributed by atoms with Crippen molar-refractivity contribution in [3.63, 3.8) is 0 Å². The number of ether oxygens (including phenoxy) is 12. The summed E-state index contributed by atoms with van der Waals surface area (Å²) in [5.74, 6) is -2.20. The van der Waals surface area contributed by atoms with Crippen LogP contribution in [0.2, 0.25) is 0 Å². The van der Waals surface area contributed by atoms with Crippen LogP contribution >= 0.6 is 0 Å². The van der Waals surface area contributed by atoms with E-state index in [0.29, 0.717) is 52.9 Å². The SMILES string of the molecule is O=C(OC1COC2CCCCC2OCCOCCOC2CCCCC2OC1)C(=O)OC1COC2CCCCC2OCCOCCOC2CCCCC2OC1. The zero-order valence-corrected chi connectivity index (χ0v) is 32.3. The normalized spacial score (nSPS) is 37.9. The Balaban J connectivity index is 1.10. The van der Waals surface area contributed by atoms with E-state index in [1.807, 2.05) is 0 Å². The minimum atomic E-state index is -1.10. The van der Waals surface area contributed by atoms with E-state index in [1.165, 1.54) is 0 Å². The van der Waals surface area contributed by atoms with Crippen LogP contribution in [0.1, 0.15) is 103 Å². The Labute approximate surface area is 321 Å². The maximum atomic E-state index is 13.5. The van der Waals surface area contributed by atoms with Crippen molar-refractivity contribution in [3.05, 3.63) is 0 Å². The quantitative estimate of drug-likeness (QED) is 0.292. The molecular weight excluding hydrogens is 704 g/mol. The Kier molecular flexibility index (Phi) is 18.5. The molecule has 0 amide bonds. The standard InChI is InChI=1S/C40H66O14/c41-39(53-29-25-49-35-13-5-1-9-31(35)45-21-17-43-18-22-46-32-10-2-6-14-36(32)50-26-29)40(42)54-30-27-51-37-15-7-3-11-33(37)47-23-19-44-20-24-48-34-12-4-8-16-38(34)52-28-30/h29-38H,1-28H2. The molecule has 310 valence electrons. The molecule has 4 saturated carbocycles. The molecule has 0 aromatic rings. The van der Waals surface area contributed by atoms with Gasteiger partial charge in [-0.1, -0.05) is 51.4 Å². The molecule has 0 bridgehead atoms. The summed E-state index contributed by atoms with van der Waals surface area (Å²) in [5, 5.41) is 0. The van der Waals surface area contributed by atoms with Gasteiger partial charge in [-0.25, -0.2) is 9.59 Å². The van der Waals surface area contributed by atoms with E-state index in [0.717, 1.165) is 103 Å². The number of esters is 2. The van der Waals surface area contributed by atoms with Gasteiger partial charge in [0.25, 0.3) is 0 Å². The highest BCUT2D eigenvalue weighted by molar-refractivity contribution is 6.29. The van der Waals surface area contributed by atoms with Gasteiger partial charge in [-0.05, 0) is 51.4 Å². The highest BCUT2D eigenvalue weighted by Gasteiger charge is 2.35. The first kappa shape index (κ1) is 42.2. The van der Waals surface area contributed by atoms with E-state index in [1.54, 1.807) is 0 Å². The predicted molar refractivity (Wildman–Crippen MR) is 193 cm³/mol. The summed E-state index contributed by atoms with van der Waals surface area (Å²) in [6.07, 6.45) is 12.5. The molecule has 6 aliphatic rings. The van der Waals surface area contributed by atoms with E-state index in [-0.39, 0.29) is 75.3 Å². The maximum absolute atomic E-state index is 13.5. The molecule has 2 saturated heterocycles. The van der Waals surface area contributed by atoms with Gasteiger partial charge in [0.1, 0.15) is 12.2 Å². The van der Waals surface area contributed by atoms with Crippen molar-refractivity contribution in [3.8, 4) is 0 Å². The summed E-state index contributed by atoms with van der Waals surface area (Å²) in [5.41, 5.74) is 0. The van der Waals surface area contributed by atoms with E-state index < -0.39 is 24.1 Å². The monoisotopic (exact) mass is 770 g/mol. The summed E-state index contributed by atoms with van der Waals surface area (Å²) in [6, 6.07) is 0. The van der Waals surface area contributed by atoms with Gasteiger partial charge in [-0.15, -0.1) is 0 Å². The van der Waals surface area contributed by atoms with Crippen molar-refractivity contribution >= 4 is 11.9 Å². The zero-order valence-electron chi connectivity index (χ0n) is 32.3. The van der Waals surface area contributed by atoms with E-state index in [2.05, 4.69) is 0 Å². The maximum Gasteiger partial charge on any atom is 0.417 e. The Morgan fingerprint density at radius 1 is 0.315 bits per heavy atom. The summed E-state index contributed by atoms with van der Waals surface area (Å²) in [7, 11) is 0. The second-order valence-electron chi connectivity index (χ2n) is 15.5. The minimum absolute atomic E-state index is 0.0606. The molecule has 8 atom stereocenters. The molecular formula is C40H66O14. The summed E-state index contributed by atoms with van der Waals surface area (Å²) in [4.78, 5) is 27.0. The van der Waals surface area contributed by atoms with Crippen LogP contribution in [0.5, 0.6) is 0 Å². The van der Waals surface area contributed by atoms with Crippen molar-refractivity contribution in [2.75, 3.05) is 79.3 Å². The molecule has 54 heavy (non-hydrogen) atoms. The fraction of sp³-hybridized carbons (Fsp3) is 0.950.